The van der Waals surface area contributed by atoms with Crippen molar-refractivity contribution >= 4 is 15.9 Å². The number of hydrogen-bond acceptors (Lipinski definition) is 1. The smallest absolute Gasteiger partial charge is 0.0663 e. The normalized spacial score (nSPS) is 34.5. The van der Waals surface area contributed by atoms with Crippen LogP contribution in [0.1, 0.15) is 6.42 Å². The van der Waals surface area contributed by atoms with E-state index >= 15 is 0 Å². The van der Waals surface area contributed by atoms with E-state index < -0.39 is 0 Å². The molecular formula is C4H7BrN. The van der Waals surface area contributed by atoms with Crippen LogP contribution < -0.4 is 5.32 Å². The Morgan fingerprint density at radius 3 is 2.83 bits per heavy atom. The lowest BCUT2D eigenvalue weighted by atomic mass is 10.4. The summed E-state index contributed by atoms with van der Waals surface area (Å²) in [7, 11) is 0. The van der Waals surface area contributed by atoms with Crippen molar-refractivity contribution in [3.63, 3.8) is 0 Å². The first-order chi connectivity index (χ1) is 2.89. The van der Waals surface area contributed by atoms with Crippen LogP contribution in [-0.2, 0) is 0 Å². The SMILES string of the molecule is BrC1[CH]CCN1. The summed E-state index contributed by atoms with van der Waals surface area (Å²) in [5.41, 5.74) is 0. The molecule has 0 aromatic rings. The van der Waals surface area contributed by atoms with E-state index in [1.54, 1.807) is 0 Å². The monoisotopic (exact) mass is 148 g/mol. The van der Waals surface area contributed by atoms with Crippen molar-refractivity contribution in [1.82, 2.24) is 5.32 Å². The Balaban J connectivity index is 2.18. The molecule has 1 rings (SSSR count). The molecule has 1 fully saturated rings. The van der Waals surface area contributed by atoms with E-state index in [0.717, 1.165) is 6.54 Å². The molecule has 2 heteroatoms. The zero-order valence-corrected chi connectivity index (χ0v) is 5.03. The van der Waals surface area contributed by atoms with Gasteiger partial charge in [-0.2, -0.15) is 0 Å². The Bertz CT molecular complexity index is 40.8. The lowest BCUT2D eigenvalue weighted by Crippen LogP contribution is -2.13. The zero-order valence-electron chi connectivity index (χ0n) is 3.45. The van der Waals surface area contributed by atoms with Crippen LogP contribution in [0.5, 0.6) is 0 Å². The van der Waals surface area contributed by atoms with Gasteiger partial charge in [0.25, 0.3) is 0 Å². The van der Waals surface area contributed by atoms with Crippen molar-refractivity contribution in [2.24, 2.45) is 0 Å². The fourth-order valence-electron chi connectivity index (χ4n) is 0.534. The minimum absolute atomic E-state index is 0.484. The summed E-state index contributed by atoms with van der Waals surface area (Å²) in [6.07, 6.45) is 3.41. The number of alkyl halides is 1. The topological polar surface area (TPSA) is 12.0 Å². The molecule has 0 spiro atoms. The van der Waals surface area contributed by atoms with E-state index in [4.69, 9.17) is 0 Å². The van der Waals surface area contributed by atoms with Gasteiger partial charge in [-0.3, -0.25) is 0 Å². The van der Waals surface area contributed by atoms with Crippen molar-refractivity contribution in [1.29, 1.82) is 0 Å². The van der Waals surface area contributed by atoms with Crippen molar-refractivity contribution in [3.8, 4) is 0 Å². The molecule has 1 heterocycles. The summed E-state index contributed by atoms with van der Waals surface area (Å²) in [5.74, 6) is 0. The highest BCUT2D eigenvalue weighted by atomic mass is 79.9. The zero-order chi connectivity index (χ0) is 4.41. The van der Waals surface area contributed by atoms with Gasteiger partial charge in [0.1, 0.15) is 0 Å². The molecule has 0 aromatic heterocycles. The van der Waals surface area contributed by atoms with Gasteiger partial charge in [0.05, 0.1) is 4.95 Å². The molecule has 1 nitrogen and oxygen atoms in total. The molecule has 1 atom stereocenters. The van der Waals surface area contributed by atoms with Crippen LogP contribution in [-0.4, -0.2) is 11.5 Å². The average molecular weight is 149 g/mol. The van der Waals surface area contributed by atoms with Crippen LogP contribution in [0.4, 0.5) is 0 Å². The summed E-state index contributed by atoms with van der Waals surface area (Å²) >= 11 is 3.37. The average Bonchev–Trinajstić information content (AvgIpc) is 1.86. The molecule has 6 heavy (non-hydrogen) atoms. The maximum atomic E-state index is 3.37. The molecule has 1 unspecified atom stereocenters. The molecule has 0 saturated carbocycles. The molecule has 1 aliphatic heterocycles. The van der Waals surface area contributed by atoms with Gasteiger partial charge in [-0.25, -0.2) is 0 Å². The molecular weight excluding hydrogens is 142 g/mol. The number of rotatable bonds is 0. The molecule has 0 aromatic carbocycles. The van der Waals surface area contributed by atoms with Crippen molar-refractivity contribution in [2.75, 3.05) is 6.54 Å². The fourth-order valence-corrected chi connectivity index (χ4v) is 1.03. The van der Waals surface area contributed by atoms with Crippen molar-refractivity contribution in [2.45, 2.75) is 11.4 Å². The highest BCUT2D eigenvalue weighted by Crippen LogP contribution is 2.07. The lowest BCUT2D eigenvalue weighted by molar-refractivity contribution is 0.837. The Labute approximate surface area is 46.2 Å². The first-order valence-electron chi connectivity index (χ1n) is 2.10. The standard InChI is InChI=1S/C4H7BrN/c5-4-2-1-3-6-4/h2,4,6H,1,3H2. The molecule has 0 bridgehead atoms. The second-order valence-corrected chi connectivity index (χ2v) is 2.37. The molecule has 1 radical (unpaired) electrons. The van der Waals surface area contributed by atoms with Crippen LogP contribution in [0, 0.1) is 6.42 Å². The van der Waals surface area contributed by atoms with Gasteiger partial charge in [0.2, 0.25) is 0 Å². The maximum absolute atomic E-state index is 3.37. The van der Waals surface area contributed by atoms with Crippen LogP contribution in [0.25, 0.3) is 0 Å². The van der Waals surface area contributed by atoms with Crippen LogP contribution in [0.15, 0.2) is 0 Å². The van der Waals surface area contributed by atoms with Crippen molar-refractivity contribution < 1.29 is 0 Å². The minimum atomic E-state index is 0.484. The first-order valence-corrected chi connectivity index (χ1v) is 3.02. The van der Waals surface area contributed by atoms with E-state index in [9.17, 15) is 0 Å². The lowest BCUT2D eigenvalue weighted by Gasteiger charge is -1.92. The van der Waals surface area contributed by atoms with E-state index in [2.05, 4.69) is 27.7 Å². The van der Waals surface area contributed by atoms with Gasteiger partial charge in [-0.1, -0.05) is 15.9 Å². The Hall–Kier alpha value is 0.440. The molecule has 1 N–H and O–H groups in total. The summed E-state index contributed by atoms with van der Waals surface area (Å²) < 4.78 is 0. The van der Waals surface area contributed by atoms with Gasteiger partial charge < -0.3 is 5.32 Å². The Morgan fingerprint density at radius 2 is 2.67 bits per heavy atom. The van der Waals surface area contributed by atoms with Crippen molar-refractivity contribution in [3.05, 3.63) is 6.42 Å². The van der Waals surface area contributed by atoms with Crippen LogP contribution in [0.3, 0.4) is 0 Å². The van der Waals surface area contributed by atoms with Gasteiger partial charge in [0.15, 0.2) is 0 Å². The van der Waals surface area contributed by atoms with Gasteiger partial charge >= 0.3 is 0 Å². The van der Waals surface area contributed by atoms with E-state index in [-0.39, 0.29) is 0 Å². The van der Waals surface area contributed by atoms with Crippen LogP contribution >= 0.6 is 15.9 Å². The number of nitrogens with one attached hydrogen (secondary N) is 1. The van der Waals surface area contributed by atoms with Gasteiger partial charge in [-0.05, 0) is 19.4 Å². The third-order valence-electron chi connectivity index (χ3n) is 0.857. The molecule has 1 saturated heterocycles. The third kappa shape index (κ3) is 0.949. The summed E-state index contributed by atoms with van der Waals surface area (Å²) in [6.45, 7) is 1.13. The highest BCUT2D eigenvalue weighted by Gasteiger charge is 2.07. The second-order valence-electron chi connectivity index (χ2n) is 1.38. The minimum Gasteiger partial charge on any atom is -0.305 e. The predicted octanol–water partition coefficient (Wildman–Crippen LogP) is 0.905. The molecule has 0 aliphatic carbocycles. The summed E-state index contributed by atoms with van der Waals surface area (Å²) in [4.78, 5) is 0.484. The summed E-state index contributed by atoms with van der Waals surface area (Å²) in [6, 6.07) is 0. The summed E-state index contributed by atoms with van der Waals surface area (Å²) in [5, 5.41) is 3.18. The predicted molar refractivity (Wildman–Crippen MR) is 29.6 cm³/mol. The molecule has 35 valence electrons. The fraction of sp³-hybridized carbons (Fsp3) is 0.750. The number of halogens is 1. The molecule has 1 aliphatic rings. The third-order valence-corrected chi connectivity index (χ3v) is 1.55. The number of hydrogen-bond donors (Lipinski definition) is 1. The van der Waals surface area contributed by atoms with Crippen LogP contribution in [0.2, 0.25) is 0 Å². The Morgan fingerprint density at radius 1 is 1.83 bits per heavy atom. The van der Waals surface area contributed by atoms with E-state index in [1.165, 1.54) is 6.42 Å². The van der Waals surface area contributed by atoms with E-state index in [1.807, 2.05) is 0 Å². The van der Waals surface area contributed by atoms with Gasteiger partial charge in [-0.15, -0.1) is 0 Å². The van der Waals surface area contributed by atoms with Gasteiger partial charge in [0, 0.05) is 0 Å². The quantitative estimate of drug-likeness (QED) is 0.398. The highest BCUT2D eigenvalue weighted by molar-refractivity contribution is 9.09. The second kappa shape index (κ2) is 1.94. The largest absolute Gasteiger partial charge is 0.305 e. The Kier molecular flexibility index (Phi) is 1.48. The molecule has 0 amide bonds. The van der Waals surface area contributed by atoms with E-state index in [0.29, 0.717) is 4.95 Å². The maximum Gasteiger partial charge on any atom is 0.0663 e. The first kappa shape index (κ1) is 4.60.